The lowest BCUT2D eigenvalue weighted by atomic mass is 10.2. The monoisotopic (exact) mass is 263 g/mol. The number of rotatable bonds is 3. The molecule has 0 spiro atoms. The molecule has 0 amide bonds. The summed E-state index contributed by atoms with van der Waals surface area (Å²) in [5.41, 5.74) is 0.744. The topological polar surface area (TPSA) is 63.4 Å². The fourth-order valence-electron chi connectivity index (χ4n) is 0.862. The summed E-state index contributed by atoms with van der Waals surface area (Å²) in [5, 5.41) is 10.5. The Balaban J connectivity index is 3.04. The summed E-state index contributed by atoms with van der Waals surface area (Å²) in [7, 11) is 0. The van der Waals surface area contributed by atoms with Crippen molar-refractivity contribution < 1.29 is 9.48 Å². The summed E-state index contributed by atoms with van der Waals surface area (Å²) in [6.07, 6.45) is 0. The van der Waals surface area contributed by atoms with Crippen LogP contribution in [-0.4, -0.2) is 9.48 Å². The Kier molecular flexibility index (Phi) is 3.71. The predicted molar refractivity (Wildman–Crippen MR) is 54.7 cm³/mol. The van der Waals surface area contributed by atoms with Crippen LogP contribution in [0.2, 0.25) is 0 Å². The number of nitrogens with zero attached hydrogens (tertiary/aromatic N) is 1. The first-order valence-electron chi connectivity index (χ1n) is 3.34. The van der Waals surface area contributed by atoms with Crippen LogP contribution in [0.25, 0.3) is 0 Å². The minimum absolute atomic E-state index is 0.0200. The predicted octanol–water partition coefficient (Wildman–Crippen LogP) is 3.06. The van der Waals surface area contributed by atoms with Gasteiger partial charge in [0.15, 0.2) is 0 Å². The highest BCUT2D eigenvalue weighted by Crippen LogP contribution is 2.26. The summed E-state index contributed by atoms with van der Waals surface area (Å²) in [6, 6.07) is 4.76. The van der Waals surface area contributed by atoms with Crippen molar-refractivity contribution >= 4 is 33.7 Å². The molecule has 6 heteroatoms. The van der Waals surface area contributed by atoms with E-state index in [-0.39, 0.29) is 5.69 Å². The highest BCUT2D eigenvalue weighted by Gasteiger charge is 2.11. The highest BCUT2D eigenvalue weighted by atomic mass is 79.9. The van der Waals surface area contributed by atoms with Crippen molar-refractivity contribution in [1.29, 1.82) is 0 Å². The van der Waals surface area contributed by atoms with Crippen molar-refractivity contribution in [2.75, 3.05) is 0 Å². The summed E-state index contributed by atoms with van der Waals surface area (Å²) in [4.78, 5) is 10.0. The van der Waals surface area contributed by atoms with Crippen molar-refractivity contribution in [2.45, 2.75) is 5.75 Å². The third kappa shape index (κ3) is 2.68. The highest BCUT2D eigenvalue weighted by molar-refractivity contribution is 9.10. The molecule has 0 atom stereocenters. The zero-order valence-corrected chi connectivity index (χ0v) is 8.84. The second kappa shape index (κ2) is 4.59. The molecule has 0 aliphatic heterocycles. The maximum absolute atomic E-state index is 10.5. The van der Waals surface area contributed by atoms with E-state index in [4.69, 9.17) is 4.55 Å². The SMILES string of the molecule is O=[N+]([O-])c1cc(CSO)ccc1Br. The first kappa shape index (κ1) is 10.5. The van der Waals surface area contributed by atoms with Crippen molar-refractivity contribution in [3.63, 3.8) is 0 Å². The van der Waals surface area contributed by atoms with Gasteiger partial charge in [0.25, 0.3) is 5.69 Å². The molecular weight excluding hydrogens is 258 g/mol. The van der Waals surface area contributed by atoms with Gasteiger partial charge in [-0.15, -0.1) is 0 Å². The zero-order valence-electron chi connectivity index (χ0n) is 6.44. The van der Waals surface area contributed by atoms with Gasteiger partial charge in [-0.05, 0) is 39.6 Å². The van der Waals surface area contributed by atoms with Crippen molar-refractivity contribution in [1.82, 2.24) is 0 Å². The lowest BCUT2D eigenvalue weighted by Gasteiger charge is -1.98. The van der Waals surface area contributed by atoms with Gasteiger partial charge in [-0.25, -0.2) is 0 Å². The van der Waals surface area contributed by atoms with E-state index in [1.54, 1.807) is 12.1 Å². The summed E-state index contributed by atoms with van der Waals surface area (Å²) in [6.45, 7) is 0. The molecular formula is C7H6BrNO3S. The molecule has 0 saturated carbocycles. The molecule has 0 aliphatic carbocycles. The Morgan fingerprint density at radius 2 is 2.31 bits per heavy atom. The minimum atomic E-state index is -0.463. The third-order valence-electron chi connectivity index (χ3n) is 1.44. The molecule has 1 aromatic rings. The van der Waals surface area contributed by atoms with Gasteiger partial charge in [-0.2, -0.15) is 0 Å². The summed E-state index contributed by atoms with van der Waals surface area (Å²) in [5.74, 6) is 0.355. The van der Waals surface area contributed by atoms with Gasteiger partial charge in [-0.3, -0.25) is 10.1 Å². The van der Waals surface area contributed by atoms with Gasteiger partial charge in [0, 0.05) is 11.8 Å². The van der Waals surface area contributed by atoms with Crippen LogP contribution in [0.4, 0.5) is 5.69 Å². The third-order valence-corrected chi connectivity index (χ3v) is 2.57. The first-order valence-corrected chi connectivity index (χ1v) is 5.08. The molecule has 1 aromatic carbocycles. The Bertz CT molecular complexity index is 332. The largest absolute Gasteiger partial charge is 0.330 e. The zero-order chi connectivity index (χ0) is 9.84. The van der Waals surface area contributed by atoms with E-state index in [9.17, 15) is 10.1 Å². The maximum atomic E-state index is 10.5. The van der Waals surface area contributed by atoms with Crippen LogP contribution in [0.3, 0.4) is 0 Å². The molecule has 0 bridgehead atoms. The van der Waals surface area contributed by atoms with E-state index in [1.165, 1.54) is 6.07 Å². The van der Waals surface area contributed by atoms with Crippen LogP contribution in [-0.2, 0) is 5.75 Å². The number of nitro groups is 1. The van der Waals surface area contributed by atoms with E-state index < -0.39 is 4.92 Å². The van der Waals surface area contributed by atoms with E-state index in [0.29, 0.717) is 22.3 Å². The van der Waals surface area contributed by atoms with Gasteiger partial charge in [-0.1, -0.05) is 6.07 Å². The Morgan fingerprint density at radius 1 is 1.62 bits per heavy atom. The molecule has 0 saturated heterocycles. The molecule has 0 aromatic heterocycles. The van der Waals surface area contributed by atoms with E-state index in [2.05, 4.69) is 15.9 Å². The number of nitro benzene ring substituents is 1. The van der Waals surface area contributed by atoms with Crippen LogP contribution in [0.5, 0.6) is 0 Å². The maximum Gasteiger partial charge on any atom is 0.283 e. The Morgan fingerprint density at radius 3 is 2.85 bits per heavy atom. The van der Waals surface area contributed by atoms with E-state index >= 15 is 0 Å². The average Bonchev–Trinajstić information content (AvgIpc) is 2.08. The van der Waals surface area contributed by atoms with Gasteiger partial charge in [0.1, 0.15) is 0 Å². The minimum Gasteiger partial charge on any atom is -0.330 e. The Labute approximate surface area is 87.4 Å². The van der Waals surface area contributed by atoms with Crippen LogP contribution >= 0.6 is 28.0 Å². The molecule has 0 aliphatic rings. The van der Waals surface area contributed by atoms with Gasteiger partial charge in [0.2, 0.25) is 0 Å². The second-order valence-electron chi connectivity index (χ2n) is 2.32. The van der Waals surface area contributed by atoms with Crippen molar-refractivity contribution in [3.8, 4) is 0 Å². The molecule has 1 N–H and O–H groups in total. The molecule has 0 heterocycles. The first-order chi connectivity index (χ1) is 6.15. The average molecular weight is 264 g/mol. The Hall–Kier alpha value is -0.590. The number of hydrogen-bond donors (Lipinski definition) is 1. The van der Waals surface area contributed by atoms with Gasteiger partial charge in [0.05, 0.1) is 9.40 Å². The van der Waals surface area contributed by atoms with Crippen molar-refractivity contribution in [3.05, 3.63) is 38.3 Å². The fraction of sp³-hybridized carbons (Fsp3) is 0.143. The van der Waals surface area contributed by atoms with Gasteiger partial charge < -0.3 is 4.55 Å². The number of halogens is 1. The van der Waals surface area contributed by atoms with Gasteiger partial charge >= 0.3 is 0 Å². The summed E-state index contributed by atoms with van der Waals surface area (Å²) >= 11 is 3.71. The quantitative estimate of drug-likeness (QED) is 0.517. The lowest BCUT2D eigenvalue weighted by Crippen LogP contribution is -1.91. The molecule has 0 fully saturated rings. The fourth-order valence-corrected chi connectivity index (χ4v) is 1.58. The smallest absolute Gasteiger partial charge is 0.283 e. The standard InChI is InChI=1S/C7H6BrNO3S/c8-6-2-1-5(4-13-12)3-7(6)9(10)11/h1-3,12H,4H2. The second-order valence-corrected chi connectivity index (χ2v) is 3.72. The molecule has 0 radical (unpaired) electrons. The lowest BCUT2D eigenvalue weighted by molar-refractivity contribution is -0.385. The molecule has 0 unspecified atom stereocenters. The normalized spacial score (nSPS) is 10.0. The molecule has 70 valence electrons. The number of hydrogen-bond acceptors (Lipinski definition) is 4. The van der Waals surface area contributed by atoms with Crippen LogP contribution in [0.1, 0.15) is 5.56 Å². The van der Waals surface area contributed by atoms with Crippen LogP contribution in [0, 0.1) is 10.1 Å². The van der Waals surface area contributed by atoms with Crippen LogP contribution < -0.4 is 0 Å². The molecule has 1 rings (SSSR count). The van der Waals surface area contributed by atoms with E-state index in [1.807, 2.05) is 0 Å². The summed E-state index contributed by atoms with van der Waals surface area (Å²) < 4.78 is 9.00. The number of benzene rings is 1. The molecule has 13 heavy (non-hydrogen) atoms. The molecule has 4 nitrogen and oxygen atoms in total. The van der Waals surface area contributed by atoms with E-state index in [0.717, 1.165) is 5.56 Å². The van der Waals surface area contributed by atoms with Crippen molar-refractivity contribution in [2.24, 2.45) is 0 Å². The van der Waals surface area contributed by atoms with Crippen LogP contribution in [0.15, 0.2) is 22.7 Å².